The normalized spacial score (nSPS) is 10.8. The molecule has 0 fully saturated rings. The predicted octanol–water partition coefficient (Wildman–Crippen LogP) is 2.20. The Kier molecular flexibility index (Phi) is 5.16. The van der Waals surface area contributed by atoms with Gasteiger partial charge in [0, 0.05) is 5.69 Å². The van der Waals surface area contributed by atoms with Crippen LogP contribution < -0.4 is 15.5 Å². The molecule has 2 aromatic carbocycles. The maximum atomic E-state index is 11.8. The number of fused-ring (bicyclic) bond motifs is 1. The first-order valence-corrected chi connectivity index (χ1v) is 7.66. The van der Waals surface area contributed by atoms with Gasteiger partial charge in [-0.3, -0.25) is 9.78 Å². The van der Waals surface area contributed by atoms with Gasteiger partial charge in [-0.15, -0.1) is 0 Å². The van der Waals surface area contributed by atoms with Crippen LogP contribution in [0.15, 0.2) is 59.8 Å². The lowest BCUT2D eigenvalue weighted by molar-refractivity contribution is -0.119. The molecular weight excluding hydrogens is 318 g/mol. The summed E-state index contributed by atoms with van der Waals surface area (Å²) in [7, 11) is 1.60. The Hall–Kier alpha value is -3.48. The minimum atomic E-state index is -0.263. The summed E-state index contributed by atoms with van der Waals surface area (Å²) in [6.45, 7) is 0.104. The molecule has 0 saturated carbocycles. The molecule has 1 heterocycles. The van der Waals surface area contributed by atoms with Crippen LogP contribution in [0.4, 0.5) is 5.69 Å². The zero-order valence-electron chi connectivity index (χ0n) is 13.6. The molecule has 0 bridgehead atoms. The van der Waals surface area contributed by atoms with Crippen molar-refractivity contribution in [2.75, 3.05) is 19.0 Å². The molecule has 2 N–H and O–H groups in total. The van der Waals surface area contributed by atoms with E-state index in [-0.39, 0.29) is 12.5 Å². The number of hydrazone groups is 1. The number of para-hydroxylation sites is 2. The molecule has 0 unspecified atom stereocenters. The van der Waals surface area contributed by atoms with Gasteiger partial charge in [0.25, 0.3) is 5.91 Å². The highest BCUT2D eigenvalue weighted by Crippen LogP contribution is 2.14. The number of aromatic nitrogens is 2. The van der Waals surface area contributed by atoms with Crippen LogP contribution in [0.25, 0.3) is 11.0 Å². The van der Waals surface area contributed by atoms with Crippen molar-refractivity contribution in [2.45, 2.75) is 0 Å². The summed E-state index contributed by atoms with van der Waals surface area (Å²) < 4.78 is 5.08. The molecule has 0 radical (unpaired) electrons. The van der Waals surface area contributed by atoms with Gasteiger partial charge in [-0.1, -0.05) is 12.1 Å². The van der Waals surface area contributed by atoms with Crippen LogP contribution >= 0.6 is 0 Å². The lowest BCUT2D eigenvalue weighted by Crippen LogP contribution is -2.25. The molecule has 7 nitrogen and oxygen atoms in total. The number of carbonyl (C=O) groups is 1. The van der Waals surface area contributed by atoms with Crippen molar-refractivity contribution in [1.29, 1.82) is 0 Å². The number of ether oxygens (including phenoxy) is 1. The van der Waals surface area contributed by atoms with E-state index >= 15 is 0 Å². The maximum absolute atomic E-state index is 11.8. The van der Waals surface area contributed by atoms with Crippen molar-refractivity contribution >= 4 is 28.8 Å². The lowest BCUT2D eigenvalue weighted by Gasteiger charge is -2.06. The largest absolute Gasteiger partial charge is 0.497 e. The van der Waals surface area contributed by atoms with Crippen LogP contribution in [-0.4, -0.2) is 35.7 Å². The molecule has 126 valence electrons. The summed E-state index contributed by atoms with van der Waals surface area (Å²) in [4.78, 5) is 20.5. The van der Waals surface area contributed by atoms with Crippen molar-refractivity contribution in [2.24, 2.45) is 5.10 Å². The topological polar surface area (TPSA) is 88.5 Å². The number of methoxy groups -OCH3 is 1. The van der Waals surface area contributed by atoms with Crippen LogP contribution in [0, 0.1) is 0 Å². The number of anilines is 1. The predicted molar refractivity (Wildman–Crippen MR) is 96.8 cm³/mol. The van der Waals surface area contributed by atoms with E-state index < -0.39 is 0 Å². The molecule has 0 aliphatic carbocycles. The zero-order chi connectivity index (χ0) is 17.5. The van der Waals surface area contributed by atoms with Crippen molar-refractivity contribution in [3.63, 3.8) is 0 Å². The molecule has 1 aromatic heterocycles. The van der Waals surface area contributed by atoms with Gasteiger partial charge >= 0.3 is 0 Å². The van der Waals surface area contributed by atoms with Gasteiger partial charge < -0.3 is 10.1 Å². The van der Waals surface area contributed by atoms with E-state index in [4.69, 9.17) is 4.74 Å². The van der Waals surface area contributed by atoms with Crippen LogP contribution in [-0.2, 0) is 4.79 Å². The summed E-state index contributed by atoms with van der Waals surface area (Å²) in [5, 5.41) is 6.90. The minimum absolute atomic E-state index is 0.104. The summed E-state index contributed by atoms with van der Waals surface area (Å²) in [5.41, 5.74) is 5.43. The molecule has 25 heavy (non-hydrogen) atoms. The summed E-state index contributed by atoms with van der Waals surface area (Å²) in [5.74, 6) is 0.497. The molecule has 7 heteroatoms. The number of carbonyl (C=O) groups excluding carboxylic acids is 1. The van der Waals surface area contributed by atoms with Gasteiger partial charge in [0.1, 0.15) is 11.4 Å². The van der Waals surface area contributed by atoms with Crippen LogP contribution in [0.3, 0.4) is 0 Å². The van der Waals surface area contributed by atoms with Gasteiger partial charge in [-0.25, -0.2) is 10.4 Å². The summed E-state index contributed by atoms with van der Waals surface area (Å²) in [6, 6.07) is 14.9. The SMILES string of the molecule is COc1ccc(NCC(=O)N/N=C\c2cnc3ccccc3n2)cc1. The average molecular weight is 335 g/mol. The second-order valence-electron chi connectivity index (χ2n) is 5.16. The monoisotopic (exact) mass is 335 g/mol. The standard InChI is InChI=1S/C18H17N5O2/c1-25-15-8-6-13(7-9-15)19-12-18(24)23-21-11-14-10-20-16-4-2-3-5-17(16)22-14/h2-11,19H,12H2,1H3,(H,23,24)/b21-11-. The molecule has 1 amide bonds. The van der Waals surface area contributed by atoms with E-state index in [1.807, 2.05) is 48.5 Å². The first kappa shape index (κ1) is 16.4. The highest BCUT2D eigenvalue weighted by molar-refractivity contribution is 5.85. The molecule has 0 atom stereocenters. The maximum Gasteiger partial charge on any atom is 0.259 e. The molecular formula is C18H17N5O2. The first-order valence-electron chi connectivity index (χ1n) is 7.66. The Morgan fingerprint density at radius 1 is 1.16 bits per heavy atom. The molecule has 0 aliphatic rings. The zero-order valence-corrected chi connectivity index (χ0v) is 13.6. The van der Waals surface area contributed by atoms with Crippen molar-refractivity contribution in [3.8, 4) is 5.75 Å². The lowest BCUT2D eigenvalue weighted by atomic mass is 10.3. The number of rotatable bonds is 6. The Balaban J connectivity index is 1.51. The molecule has 3 rings (SSSR count). The van der Waals surface area contributed by atoms with Gasteiger partial charge in [0.15, 0.2) is 0 Å². The number of benzene rings is 2. The highest BCUT2D eigenvalue weighted by Gasteiger charge is 2.00. The number of nitrogens with one attached hydrogen (secondary N) is 2. The number of nitrogens with zero attached hydrogens (tertiary/aromatic N) is 3. The third-order valence-electron chi connectivity index (χ3n) is 3.40. The Bertz CT molecular complexity index is 893. The average Bonchev–Trinajstić information content (AvgIpc) is 2.66. The number of amides is 1. The second kappa shape index (κ2) is 7.87. The molecule has 0 spiro atoms. The highest BCUT2D eigenvalue weighted by atomic mass is 16.5. The third kappa shape index (κ3) is 4.51. The van der Waals surface area contributed by atoms with Crippen molar-refractivity contribution in [3.05, 3.63) is 60.4 Å². The summed E-state index contributed by atoms with van der Waals surface area (Å²) >= 11 is 0. The fraction of sp³-hybridized carbons (Fsp3) is 0.111. The van der Waals surface area contributed by atoms with Gasteiger partial charge in [-0.2, -0.15) is 5.10 Å². The Morgan fingerprint density at radius 3 is 2.68 bits per heavy atom. The fourth-order valence-corrected chi connectivity index (χ4v) is 2.13. The summed E-state index contributed by atoms with van der Waals surface area (Å²) in [6.07, 6.45) is 3.07. The van der Waals surface area contributed by atoms with Gasteiger partial charge in [-0.05, 0) is 36.4 Å². The van der Waals surface area contributed by atoms with E-state index in [1.165, 1.54) is 6.21 Å². The Morgan fingerprint density at radius 2 is 1.92 bits per heavy atom. The molecule has 0 saturated heterocycles. The van der Waals surface area contributed by atoms with E-state index in [2.05, 4.69) is 25.8 Å². The third-order valence-corrected chi connectivity index (χ3v) is 3.40. The second-order valence-corrected chi connectivity index (χ2v) is 5.16. The number of hydrogen-bond donors (Lipinski definition) is 2. The van der Waals surface area contributed by atoms with E-state index in [9.17, 15) is 4.79 Å². The fourth-order valence-electron chi connectivity index (χ4n) is 2.13. The van der Waals surface area contributed by atoms with Crippen LogP contribution in [0.1, 0.15) is 5.69 Å². The van der Waals surface area contributed by atoms with E-state index in [1.54, 1.807) is 13.3 Å². The Labute approximate surface area is 144 Å². The van der Waals surface area contributed by atoms with Crippen molar-refractivity contribution in [1.82, 2.24) is 15.4 Å². The quantitative estimate of drug-likeness (QED) is 0.532. The minimum Gasteiger partial charge on any atom is -0.497 e. The first-order chi connectivity index (χ1) is 12.2. The van der Waals surface area contributed by atoms with Crippen LogP contribution in [0.2, 0.25) is 0 Å². The van der Waals surface area contributed by atoms with Gasteiger partial charge in [0.2, 0.25) is 0 Å². The van der Waals surface area contributed by atoms with E-state index in [0.717, 1.165) is 22.5 Å². The van der Waals surface area contributed by atoms with Crippen molar-refractivity contribution < 1.29 is 9.53 Å². The van der Waals surface area contributed by atoms with Gasteiger partial charge in [0.05, 0.1) is 37.1 Å². The molecule has 3 aromatic rings. The molecule has 0 aliphatic heterocycles. The van der Waals surface area contributed by atoms with E-state index in [0.29, 0.717) is 5.69 Å². The number of hydrogen-bond acceptors (Lipinski definition) is 6. The van der Waals surface area contributed by atoms with Crippen LogP contribution in [0.5, 0.6) is 5.75 Å². The smallest absolute Gasteiger partial charge is 0.259 e.